The molecule has 0 saturated heterocycles. The molecule has 0 unspecified atom stereocenters. The van der Waals surface area contributed by atoms with Crippen LogP contribution in [-0.2, 0) is 19.6 Å². The van der Waals surface area contributed by atoms with Gasteiger partial charge in [0.25, 0.3) is 11.8 Å². The summed E-state index contributed by atoms with van der Waals surface area (Å²) in [6.45, 7) is 1.32. The van der Waals surface area contributed by atoms with Gasteiger partial charge in [-0.05, 0) is 17.2 Å². The van der Waals surface area contributed by atoms with Crippen LogP contribution in [0.5, 0.6) is 5.88 Å². The third-order valence-corrected chi connectivity index (χ3v) is 4.57. The second-order valence-corrected chi connectivity index (χ2v) is 7.20. The predicted octanol–water partition coefficient (Wildman–Crippen LogP) is 3.52. The first-order valence-electron chi connectivity index (χ1n) is 9.22. The monoisotopic (exact) mass is 398 g/mol. The Morgan fingerprint density at radius 2 is 1.93 bits per heavy atom. The van der Waals surface area contributed by atoms with E-state index in [2.05, 4.69) is 10.1 Å². The number of halogens is 2. The van der Waals surface area contributed by atoms with Gasteiger partial charge in [0.1, 0.15) is 5.56 Å². The van der Waals surface area contributed by atoms with Gasteiger partial charge in [0.2, 0.25) is 5.88 Å². The Bertz CT molecular complexity index is 1020. The van der Waals surface area contributed by atoms with Crippen LogP contribution in [0.25, 0.3) is 0 Å². The van der Waals surface area contributed by atoms with E-state index in [4.69, 9.17) is 4.74 Å². The van der Waals surface area contributed by atoms with Gasteiger partial charge in [-0.1, -0.05) is 30.3 Å². The van der Waals surface area contributed by atoms with Crippen molar-refractivity contribution in [2.24, 2.45) is 0 Å². The van der Waals surface area contributed by atoms with E-state index in [1.54, 1.807) is 17.2 Å². The van der Waals surface area contributed by atoms with Crippen molar-refractivity contribution in [3.05, 3.63) is 77.2 Å². The Balaban J connectivity index is 1.45. The van der Waals surface area contributed by atoms with Gasteiger partial charge in [-0.15, -0.1) is 0 Å². The Morgan fingerprint density at radius 1 is 1.14 bits per heavy atom. The lowest BCUT2D eigenvalue weighted by Crippen LogP contribution is -2.25. The highest BCUT2D eigenvalue weighted by atomic mass is 19.3. The third kappa shape index (κ3) is 4.42. The number of rotatable bonds is 7. The molecule has 2 aromatic heterocycles. The van der Waals surface area contributed by atoms with Crippen molar-refractivity contribution in [3.63, 3.8) is 0 Å². The molecule has 150 valence electrons. The second-order valence-electron chi connectivity index (χ2n) is 7.20. The van der Waals surface area contributed by atoms with Crippen molar-refractivity contribution in [1.82, 2.24) is 19.7 Å². The van der Waals surface area contributed by atoms with E-state index in [9.17, 15) is 13.6 Å². The molecule has 4 rings (SSSR count). The summed E-state index contributed by atoms with van der Waals surface area (Å²) >= 11 is 0. The molecule has 29 heavy (non-hydrogen) atoms. The van der Waals surface area contributed by atoms with Crippen molar-refractivity contribution in [1.29, 1.82) is 0 Å². The zero-order valence-corrected chi connectivity index (χ0v) is 15.9. The number of alkyl halides is 2. The molecule has 0 fully saturated rings. The van der Waals surface area contributed by atoms with Gasteiger partial charge in [-0.25, -0.2) is 13.8 Å². The summed E-state index contributed by atoms with van der Waals surface area (Å²) in [5.74, 6) is -3.33. The van der Waals surface area contributed by atoms with E-state index in [0.717, 1.165) is 23.6 Å². The smallest absolute Gasteiger partial charge is 0.278 e. The summed E-state index contributed by atoms with van der Waals surface area (Å²) < 4.78 is 33.2. The van der Waals surface area contributed by atoms with Crippen molar-refractivity contribution in [2.75, 3.05) is 6.61 Å². The average Bonchev–Trinajstić information content (AvgIpc) is 3.25. The van der Waals surface area contributed by atoms with Crippen LogP contribution in [0.3, 0.4) is 0 Å². The molecule has 0 saturated carbocycles. The summed E-state index contributed by atoms with van der Waals surface area (Å²) in [7, 11) is 0. The maximum Gasteiger partial charge on any atom is 0.278 e. The number of amides is 1. The zero-order valence-electron chi connectivity index (χ0n) is 15.9. The lowest BCUT2D eigenvalue weighted by atomic mass is 10.2. The molecule has 0 atom stereocenters. The fraction of sp³-hybridized carbons (Fsp3) is 0.286. The minimum absolute atomic E-state index is 0.0451. The van der Waals surface area contributed by atoms with Crippen LogP contribution < -0.4 is 4.74 Å². The number of ether oxygens (including phenoxy) is 1. The quantitative estimate of drug-likeness (QED) is 0.611. The zero-order chi connectivity index (χ0) is 20.4. The number of pyridine rings is 1. The SMILES string of the molecule is CC(F)(F)COc1nccc2c1C(=O)N(Cc1cnn(Cc3ccccc3)c1)C2. The molecule has 0 N–H and O–H groups in total. The number of aromatic nitrogens is 3. The van der Waals surface area contributed by atoms with E-state index >= 15 is 0 Å². The molecule has 1 amide bonds. The Kier molecular flexibility index (Phi) is 5.00. The van der Waals surface area contributed by atoms with Gasteiger partial charge >= 0.3 is 0 Å². The Morgan fingerprint density at radius 3 is 2.69 bits per heavy atom. The summed E-state index contributed by atoms with van der Waals surface area (Å²) in [5, 5.41) is 4.36. The normalized spacial score (nSPS) is 13.6. The molecule has 0 bridgehead atoms. The molecule has 1 aromatic carbocycles. The minimum atomic E-state index is -3.00. The number of carbonyl (C=O) groups excluding carboxylic acids is 1. The van der Waals surface area contributed by atoms with Gasteiger partial charge in [0.15, 0.2) is 6.61 Å². The number of hydrogen-bond acceptors (Lipinski definition) is 4. The van der Waals surface area contributed by atoms with E-state index < -0.39 is 12.5 Å². The summed E-state index contributed by atoms with van der Waals surface area (Å²) in [6.07, 6.45) is 5.10. The number of benzene rings is 1. The van der Waals surface area contributed by atoms with Crippen LogP contribution in [0.1, 0.15) is 34.0 Å². The van der Waals surface area contributed by atoms with Gasteiger partial charge < -0.3 is 9.64 Å². The molecular formula is C21H20F2N4O2. The van der Waals surface area contributed by atoms with Gasteiger partial charge in [0.05, 0.1) is 12.7 Å². The van der Waals surface area contributed by atoms with Crippen LogP contribution in [-0.4, -0.2) is 38.1 Å². The molecule has 3 aromatic rings. The van der Waals surface area contributed by atoms with Crippen LogP contribution in [0.2, 0.25) is 0 Å². The maximum absolute atomic E-state index is 13.1. The third-order valence-electron chi connectivity index (χ3n) is 4.57. The number of nitrogens with zero attached hydrogens (tertiary/aromatic N) is 4. The molecule has 1 aliphatic rings. The van der Waals surface area contributed by atoms with E-state index in [1.165, 1.54) is 6.20 Å². The summed E-state index contributed by atoms with van der Waals surface area (Å²) in [5.41, 5.74) is 2.99. The van der Waals surface area contributed by atoms with Crippen LogP contribution in [0.15, 0.2) is 55.0 Å². The van der Waals surface area contributed by atoms with Crippen LogP contribution in [0, 0.1) is 0 Å². The van der Waals surface area contributed by atoms with E-state index in [-0.39, 0.29) is 17.4 Å². The van der Waals surface area contributed by atoms with Gasteiger partial charge in [-0.3, -0.25) is 9.48 Å². The lowest BCUT2D eigenvalue weighted by molar-refractivity contribution is -0.0245. The van der Waals surface area contributed by atoms with Crippen molar-refractivity contribution < 1.29 is 18.3 Å². The largest absolute Gasteiger partial charge is 0.471 e. The Hall–Kier alpha value is -3.29. The van der Waals surface area contributed by atoms with Crippen molar-refractivity contribution in [2.45, 2.75) is 32.5 Å². The Labute approximate surface area is 166 Å². The molecular weight excluding hydrogens is 378 g/mol. The topological polar surface area (TPSA) is 60.2 Å². The fourth-order valence-electron chi connectivity index (χ4n) is 3.27. The molecule has 1 aliphatic heterocycles. The average molecular weight is 398 g/mol. The highest BCUT2D eigenvalue weighted by Gasteiger charge is 2.33. The first kappa shape index (κ1) is 19.0. The van der Waals surface area contributed by atoms with Crippen LogP contribution >= 0.6 is 0 Å². The predicted molar refractivity (Wildman–Crippen MR) is 102 cm³/mol. The molecule has 0 spiro atoms. The fourth-order valence-corrected chi connectivity index (χ4v) is 3.27. The number of hydrogen-bond donors (Lipinski definition) is 0. The van der Waals surface area contributed by atoms with Gasteiger partial charge in [-0.2, -0.15) is 5.10 Å². The molecule has 0 aliphatic carbocycles. The first-order chi connectivity index (χ1) is 13.9. The molecule has 3 heterocycles. The van der Waals surface area contributed by atoms with Crippen LogP contribution in [0.4, 0.5) is 8.78 Å². The standard InChI is InChI=1S/C21H20F2N4O2/c1-21(22,23)14-29-19-18-17(7-8-24-19)13-26(20(18)28)10-16-9-25-27(12-16)11-15-5-3-2-4-6-15/h2-9,12H,10-11,13-14H2,1H3. The first-order valence-corrected chi connectivity index (χ1v) is 9.22. The second kappa shape index (κ2) is 7.62. The lowest BCUT2D eigenvalue weighted by Gasteiger charge is -2.15. The molecule has 6 nitrogen and oxygen atoms in total. The van der Waals surface area contributed by atoms with E-state index in [0.29, 0.717) is 19.6 Å². The highest BCUT2D eigenvalue weighted by Crippen LogP contribution is 2.31. The molecule has 8 heteroatoms. The van der Waals surface area contributed by atoms with Crippen molar-refractivity contribution >= 4 is 5.91 Å². The number of fused-ring (bicyclic) bond motifs is 1. The van der Waals surface area contributed by atoms with Gasteiger partial charge in [0, 0.05) is 38.0 Å². The van der Waals surface area contributed by atoms with E-state index in [1.807, 2.05) is 41.2 Å². The summed E-state index contributed by atoms with van der Waals surface area (Å²) in [4.78, 5) is 18.4. The number of carbonyl (C=O) groups is 1. The maximum atomic E-state index is 13.1. The van der Waals surface area contributed by atoms with Crippen molar-refractivity contribution in [3.8, 4) is 5.88 Å². The summed E-state index contributed by atoms with van der Waals surface area (Å²) in [6, 6.07) is 11.7. The highest BCUT2D eigenvalue weighted by molar-refractivity contribution is 6.00. The minimum Gasteiger partial charge on any atom is -0.471 e. The molecule has 0 radical (unpaired) electrons.